The lowest BCUT2D eigenvalue weighted by atomic mass is 9.99. The van der Waals surface area contributed by atoms with Gasteiger partial charge in [0.15, 0.2) is 0 Å². The smallest absolute Gasteiger partial charge is 0.242 e. The van der Waals surface area contributed by atoms with Crippen molar-refractivity contribution >= 4 is 28.1 Å². The van der Waals surface area contributed by atoms with Gasteiger partial charge in [-0.2, -0.15) is 0 Å². The van der Waals surface area contributed by atoms with Crippen LogP contribution >= 0.6 is 11.3 Å². The van der Waals surface area contributed by atoms with E-state index in [4.69, 9.17) is 14.7 Å². The van der Waals surface area contributed by atoms with E-state index in [1.54, 1.807) is 16.2 Å². The molecular weight excluding hydrogens is 434 g/mol. The Bertz CT molecular complexity index is 1370. The van der Waals surface area contributed by atoms with Gasteiger partial charge in [0, 0.05) is 43.3 Å². The summed E-state index contributed by atoms with van der Waals surface area (Å²) in [5, 5.41) is 2.10. The van der Waals surface area contributed by atoms with Crippen LogP contribution in [0.5, 0.6) is 0 Å². The number of aromatic nitrogens is 4. The molecule has 0 aliphatic carbocycles. The Kier molecular flexibility index (Phi) is 4.99. The van der Waals surface area contributed by atoms with Gasteiger partial charge in [-0.15, -0.1) is 11.3 Å². The summed E-state index contributed by atoms with van der Waals surface area (Å²) in [7, 11) is 1.87. The number of carbonyl (C=O) groups excluding carboxylic acids is 1. The van der Waals surface area contributed by atoms with E-state index in [1.165, 1.54) is 0 Å². The lowest BCUT2D eigenvalue weighted by Gasteiger charge is -2.28. The summed E-state index contributed by atoms with van der Waals surface area (Å²) in [4.78, 5) is 29.9. The molecule has 1 aromatic carbocycles. The molecule has 0 radical (unpaired) electrons. The minimum absolute atomic E-state index is 0.129. The van der Waals surface area contributed by atoms with Gasteiger partial charge >= 0.3 is 0 Å². The topological polar surface area (TPSA) is 73.1 Å². The van der Waals surface area contributed by atoms with Crippen LogP contribution in [0.15, 0.2) is 36.5 Å². The van der Waals surface area contributed by atoms with Gasteiger partial charge in [-0.1, -0.05) is 12.1 Å². The van der Waals surface area contributed by atoms with Crippen molar-refractivity contribution in [2.24, 2.45) is 0 Å². The van der Waals surface area contributed by atoms with Crippen LogP contribution in [0, 0.1) is 6.92 Å². The number of benzene rings is 1. The largest absolute Gasteiger partial charge is 0.381 e. The maximum atomic E-state index is 12.6. The SMILES string of the molecule is Cc1ncc(-c2ccc3c(-c4nc(C5CCOCC5)n5c4CN(C)C(=O)C5)cccc3n2)s1. The lowest BCUT2D eigenvalue weighted by molar-refractivity contribution is -0.132. The number of rotatable bonds is 3. The molecule has 0 spiro atoms. The van der Waals surface area contributed by atoms with E-state index >= 15 is 0 Å². The normalized spacial score (nSPS) is 17.0. The average Bonchev–Trinajstić information content (AvgIpc) is 3.43. The van der Waals surface area contributed by atoms with Crippen LogP contribution in [-0.4, -0.2) is 50.6 Å². The number of fused-ring (bicyclic) bond motifs is 2. The van der Waals surface area contributed by atoms with Crippen LogP contribution in [0.4, 0.5) is 0 Å². The molecule has 0 N–H and O–H groups in total. The highest BCUT2D eigenvalue weighted by molar-refractivity contribution is 7.15. The van der Waals surface area contributed by atoms with E-state index in [2.05, 4.69) is 27.8 Å². The van der Waals surface area contributed by atoms with E-state index in [9.17, 15) is 4.79 Å². The number of likely N-dealkylation sites (N-methyl/N-ethyl adjacent to an activating group) is 1. The number of imidazole rings is 1. The molecule has 4 aromatic rings. The Balaban J connectivity index is 1.50. The Hall–Kier alpha value is -3.10. The Morgan fingerprint density at radius 3 is 2.73 bits per heavy atom. The van der Waals surface area contributed by atoms with Crippen molar-refractivity contribution in [1.82, 2.24) is 24.4 Å². The number of carbonyl (C=O) groups is 1. The highest BCUT2D eigenvalue weighted by atomic mass is 32.1. The average molecular weight is 460 g/mol. The van der Waals surface area contributed by atoms with Gasteiger partial charge < -0.3 is 14.2 Å². The molecule has 1 amide bonds. The quantitative estimate of drug-likeness (QED) is 0.454. The second kappa shape index (κ2) is 8.04. The summed E-state index contributed by atoms with van der Waals surface area (Å²) in [6, 6.07) is 10.4. The van der Waals surface area contributed by atoms with Gasteiger partial charge in [0.1, 0.15) is 12.4 Å². The Morgan fingerprint density at radius 2 is 1.94 bits per heavy atom. The third kappa shape index (κ3) is 3.54. The summed E-state index contributed by atoms with van der Waals surface area (Å²) in [6.45, 7) is 4.41. The first-order valence-corrected chi connectivity index (χ1v) is 12.1. The van der Waals surface area contributed by atoms with Crippen LogP contribution in [0.2, 0.25) is 0 Å². The number of thiazole rings is 1. The zero-order valence-electron chi connectivity index (χ0n) is 18.7. The highest BCUT2D eigenvalue weighted by Crippen LogP contribution is 2.37. The van der Waals surface area contributed by atoms with Gasteiger partial charge in [-0.3, -0.25) is 4.79 Å². The second-order valence-corrected chi connectivity index (χ2v) is 10.0. The molecule has 3 aromatic heterocycles. The van der Waals surface area contributed by atoms with Gasteiger partial charge in [0.05, 0.1) is 39.0 Å². The minimum atomic E-state index is 0.129. The molecule has 5 heterocycles. The zero-order valence-corrected chi connectivity index (χ0v) is 19.6. The van der Waals surface area contributed by atoms with Crippen LogP contribution in [0.3, 0.4) is 0 Å². The van der Waals surface area contributed by atoms with E-state index < -0.39 is 0 Å². The number of pyridine rings is 1. The molecular formula is C25H25N5O2S. The van der Waals surface area contributed by atoms with Crippen molar-refractivity contribution in [3.8, 4) is 21.8 Å². The van der Waals surface area contributed by atoms with Crippen molar-refractivity contribution in [3.63, 3.8) is 0 Å². The van der Waals surface area contributed by atoms with Crippen molar-refractivity contribution in [2.45, 2.75) is 38.8 Å². The molecule has 0 atom stereocenters. The fourth-order valence-electron chi connectivity index (χ4n) is 4.87. The standard InChI is InChI=1S/C25H25N5O2S/c1-15-26-12-22(33-15)20-7-6-17-18(4-3-5-19(17)27-20)24-21-13-29(2)23(31)14-30(21)25(28-24)16-8-10-32-11-9-16/h3-7,12,16H,8-11,13-14H2,1-2H3. The summed E-state index contributed by atoms with van der Waals surface area (Å²) in [5.74, 6) is 1.46. The number of nitrogens with zero attached hydrogens (tertiary/aromatic N) is 5. The van der Waals surface area contributed by atoms with Gasteiger partial charge in [-0.05, 0) is 38.0 Å². The first-order chi connectivity index (χ1) is 16.1. The van der Waals surface area contributed by atoms with Gasteiger partial charge in [0.2, 0.25) is 5.91 Å². The number of aryl methyl sites for hydroxylation is 1. The first kappa shape index (κ1) is 20.5. The molecule has 0 bridgehead atoms. The maximum Gasteiger partial charge on any atom is 0.242 e. The predicted octanol–water partition coefficient (Wildman–Crippen LogP) is 4.40. The monoisotopic (exact) mass is 459 g/mol. The van der Waals surface area contributed by atoms with Crippen LogP contribution < -0.4 is 0 Å². The van der Waals surface area contributed by atoms with Gasteiger partial charge in [-0.25, -0.2) is 15.0 Å². The zero-order chi connectivity index (χ0) is 22.5. The predicted molar refractivity (Wildman–Crippen MR) is 128 cm³/mol. The maximum absolute atomic E-state index is 12.6. The number of hydrogen-bond acceptors (Lipinski definition) is 6. The summed E-state index contributed by atoms with van der Waals surface area (Å²) < 4.78 is 7.74. The van der Waals surface area contributed by atoms with Crippen molar-refractivity contribution < 1.29 is 9.53 Å². The Labute approximate surface area is 196 Å². The van der Waals surface area contributed by atoms with E-state index in [1.807, 2.05) is 32.3 Å². The van der Waals surface area contributed by atoms with Crippen LogP contribution in [0.1, 0.15) is 35.3 Å². The fraction of sp³-hybridized carbons (Fsp3) is 0.360. The van der Waals surface area contributed by atoms with Crippen LogP contribution in [-0.2, 0) is 22.6 Å². The molecule has 2 aliphatic heterocycles. The molecule has 8 heteroatoms. The third-order valence-electron chi connectivity index (χ3n) is 6.66. The number of ether oxygens (including phenoxy) is 1. The number of hydrogen-bond donors (Lipinski definition) is 0. The molecule has 2 aliphatic rings. The molecule has 168 valence electrons. The second-order valence-electron chi connectivity index (χ2n) is 8.80. The van der Waals surface area contributed by atoms with E-state index in [-0.39, 0.29) is 5.91 Å². The summed E-state index contributed by atoms with van der Waals surface area (Å²) in [6.07, 6.45) is 3.76. The molecule has 7 nitrogen and oxygen atoms in total. The lowest BCUT2D eigenvalue weighted by Crippen LogP contribution is -2.37. The number of amides is 1. The Morgan fingerprint density at radius 1 is 1.09 bits per heavy atom. The molecule has 0 unspecified atom stereocenters. The molecule has 0 saturated carbocycles. The van der Waals surface area contributed by atoms with E-state index in [0.29, 0.717) is 19.0 Å². The summed E-state index contributed by atoms with van der Waals surface area (Å²) >= 11 is 1.65. The molecule has 1 fully saturated rings. The third-order valence-corrected chi connectivity index (χ3v) is 7.59. The summed E-state index contributed by atoms with van der Waals surface area (Å²) in [5.41, 5.74) is 5.01. The fourth-order valence-corrected chi connectivity index (χ4v) is 5.62. The van der Waals surface area contributed by atoms with Crippen molar-refractivity contribution in [1.29, 1.82) is 0 Å². The first-order valence-electron chi connectivity index (χ1n) is 11.3. The van der Waals surface area contributed by atoms with Crippen LogP contribution in [0.25, 0.3) is 32.7 Å². The van der Waals surface area contributed by atoms with E-state index in [0.717, 1.165) is 75.3 Å². The van der Waals surface area contributed by atoms with Crippen molar-refractivity contribution in [2.75, 3.05) is 20.3 Å². The molecule has 1 saturated heterocycles. The minimum Gasteiger partial charge on any atom is -0.381 e. The molecule has 6 rings (SSSR count). The molecule has 33 heavy (non-hydrogen) atoms. The highest BCUT2D eigenvalue weighted by Gasteiger charge is 2.31. The van der Waals surface area contributed by atoms with Crippen molar-refractivity contribution in [3.05, 3.63) is 53.1 Å². The van der Waals surface area contributed by atoms with Gasteiger partial charge in [0.25, 0.3) is 0 Å².